The first-order valence-electron chi connectivity index (χ1n) is 11.5. The van der Waals surface area contributed by atoms with Crippen LogP contribution in [0.25, 0.3) is 0 Å². The predicted octanol–water partition coefficient (Wildman–Crippen LogP) is 6.09. The molecule has 152 valence electrons. The van der Waals surface area contributed by atoms with Crippen molar-refractivity contribution in [2.24, 2.45) is 10.7 Å². The molecule has 0 saturated heterocycles. The van der Waals surface area contributed by atoms with Gasteiger partial charge in [0.15, 0.2) is 0 Å². The molecule has 0 spiro atoms. The van der Waals surface area contributed by atoms with E-state index in [-0.39, 0.29) is 0 Å². The Morgan fingerprint density at radius 1 is 0.692 bits per heavy atom. The van der Waals surface area contributed by atoms with Crippen LogP contribution in [0.3, 0.4) is 0 Å². The van der Waals surface area contributed by atoms with Crippen molar-refractivity contribution in [2.45, 2.75) is 103 Å². The molecule has 0 aliphatic carbocycles. The zero-order chi connectivity index (χ0) is 18.5. The maximum absolute atomic E-state index is 5.51. The van der Waals surface area contributed by atoms with E-state index >= 15 is 0 Å². The summed E-state index contributed by atoms with van der Waals surface area (Å²) in [4.78, 5) is 6.61. The number of nitrogens with two attached hydrogens (primary N) is 1. The smallest absolute Gasteiger partial charge is 0.0851 e. The highest BCUT2D eigenvalue weighted by atomic mass is 15.2. The fourth-order valence-corrected chi connectivity index (χ4v) is 3.57. The van der Waals surface area contributed by atoms with E-state index in [2.05, 4.69) is 22.0 Å². The molecule has 0 atom stereocenters. The lowest BCUT2D eigenvalue weighted by Gasteiger charge is -2.12. The molecule has 0 amide bonds. The normalized spacial score (nSPS) is 14.1. The van der Waals surface area contributed by atoms with Gasteiger partial charge in [-0.2, -0.15) is 0 Å². The van der Waals surface area contributed by atoms with Gasteiger partial charge in [-0.15, -0.1) is 0 Å². The minimum absolute atomic E-state index is 0.862. The molecular formula is C23H45N3. The van der Waals surface area contributed by atoms with Gasteiger partial charge in [-0.1, -0.05) is 76.4 Å². The molecule has 0 fully saturated rings. The molecule has 26 heavy (non-hydrogen) atoms. The highest BCUT2D eigenvalue weighted by Crippen LogP contribution is 2.11. The second-order valence-corrected chi connectivity index (χ2v) is 7.84. The van der Waals surface area contributed by atoms with E-state index < -0.39 is 0 Å². The zero-order valence-corrected chi connectivity index (χ0v) is 17.3. The summed E-state index contributed by atoms with van der Waals surface area (Å²) in [6.07, 6.45) is 28.7. The quantitative estimate of drug-likeness (QED) is 0.223. The molecule has 1 aliphatic heterocycles. The summed E-state index contributed by atoms with van der Waals surface area (Å²) < 4.78 is 0. The van der Waals surface area contributed by atoms with E-state index in [1.807, 2.05) is 6.34 Å². The first-order valence-corrected chi connectivity index (χ1v) is 11.5. The lowest BCUT2D eigenvalue weighted by Crippen LogP contribution is -2.20. The summed E-state index contributed by atoms with van der Waals surface area (Å²) in [7, 11) is 0. The van der Waals surface area contributed by atoms with Crippen LogP contribution in [-0.2, 0) is 0 Å². The molecule has 0 unspecified atom stereocenters. The van der Waals surface area contributed by atoms with Gasteiger partial charge in [0.25, 0.3) is 0 Å². The second kappa shape index (κ2) is 18.9. The number of hydrogen-bond donors (Lipinski definition) is 1. The molecule has 0 bridgehead atoms. The first-order chi connectivity index (χ1) is 12.9. The van der Waals surface area contributed by atoms with Gasteiger partial charge in [-0.25, -0.2) is 0 Å². The van der Waals surface area contributed by atoms with Gasteiger partial charge in [-0.05, 0) is 45.1 Å². The summed E-state index contributed by atoms with van der Waals surface area (Å²) in [5, 5.41) is 0. The van der Waals surface area contributed by atoms with Crippen molar-refractivity contribution < 1.29 is 0 Å². The summed E-state index contributed by atoms with van der Waals surface area (Å²) in [5.41, 5.74) is 5.51. The van der Waals surface area contributed by atoms with Crippen molar-refractivity contribution >= 4 is 6.34 Å². The van der Waals surface area contributed by atoms with Crippen LogP contribution in [0.1, 0.15) is 103 Å². The number of hydrogen-bond acceptors (Lipinski definition) is 3. The van der Waals surface area contributed by atoms with Crippen molar-refractivity contribution in [3.05, 3.63) is 12.2 Å². The Morgan fingerprint density at radius 2 is 1.19 bits per heavy atom. The standard InChI is InChI=1S/C23H45N3/c24-19-17-15-13-11-9-7-5-3-1-2-4-6-8-10-12-14-16-18-21-26-22-20-25-23-26/h2,4,23H,1,3,5-22,24H2. The van der Waals surface area contributed by atoms with Crippen molar-refractivity contribution in [3.63, 3.8) is 0 Å². The van der Waals surface area contributed by atoms with Gasteiger partial charge >= 0.3 is 0 Å². The molecule has 0 aromatic carbocycles. The van der Waals surface area contributed by atoms with Crippen molar-refractivity contribution in [2.75, 3.05) is 26.2 Å². The SMILES string of the molecule is NCCCCCCCCCCC=CCCCCCCCCN1C=NCC1. The largest absolute Gasteiger partial charge is 0.361 e. The maximum Gasteiger partial charge on any atom is 0.0851 e. The van der Waals surface area contributed by atoms with Gasteiger partial charge in [0.1, 0.15) is 0 Å². The van der Waals surface area contributed by atoms with Gasteiger partial charge in [0, 0.05) is 13.1 Å². The number of unbranched alkanes of at least 4 members (excludes halogenated alkanes) is 14. The molecule has 0 aromatic heterocycles. The van der Waals surface area contributed by atoms with Gasteiger partial charge in [-0.3, -0.25) is 4.99 Å². The highest BCUT2D eigenvalue weighted by molar-refractivity contribution is 5.56. The lowest BCUT2D eigenvalue weighted by molar-refractivity contribution is 0.439. The van der Waals surface area contributed by atoms with Crippen LogP contribution in [0.4, 0.5) is 0 Å². The predicted molar refractivity (Wildman–Crippen MR) is 117 cm³/mol. The number of aliphatic imine (C=N–C) groups is 1. The Kier molecular flexibility index (Phi) is 16.9. The summed E-state index contributed by atoms with van der Waals surface area (Å²) in [6.45, 7) is 4.21. The molecule has 1 aliphatic rings. The van der Waals surface area contributed by atoms with E-state index in [0.29, 0.717) is 0 Å². The van der Waals surface area contributed by atoms with Crippen LogP contribution in [0.5, 0.6) is 0 Å². The monoisotopic (exact) mass is 363 g/mol. The third kappa shape index (κ3) is 15.4. The Hall–Kier alpha value is -0.830. The van der Waals surface area contributed by atoms with E-state index in [0.717, 1.165) is 19.6 Å². The van der Waals surface area contributed by atoms with Crippen LogP contribution in [-0.4, -0.2) is 37.4 Å². The average Bonchev–Trinajstić information content (AvgIpc) is 3.17. The topological polar surface area (TPSA) is 41.6 Å². The van der Waals surface area contributed by atoms with E-state index in [9.17, 15) is 0 Å². The molecule has 0 aromatic rings. The van der Waals surface area contributed by atoms with Crippen molar-refractivity contribution in [1.82, 2.24) is 4.90 Å². The Morgan fingerprint density at radius 3 is 1.69 bits per heavy atom. The van der Waals surface area contributed by atoms with E-state index in [1.165, 1.54) is 109 Å². The molecule has 0 saturated carbocycles. The number of nitrogens with zero attached hydrogens (tertiary/aromatic N) is 2. The third-order valence-electron chi connectivity index (χ3n) is 5.32. The van der Waals surface area contributed by atoms with Gasteiger partial charge in [0.05, 0.1) is 12.9 Å². The lowest BCUT2D eigenvalue weighted by atomic mass is 10.1. The Balaban J connectivity index is 1.68. The van der Waals surface area contributed by atoms with Crippen molar-refractivity contribution in [3.8, 4) is 0 Å². The minimum Gasteiger partial charge on any atom is -0.361 e. The van der Waals surface area contributed by atoms with Crippen LogP contribution in [0, 0.1) is 0 Å². The third-order valence-corrected chi connectivity index (χ3v) is 5.32. The minimum atomic E-state index is 0.862. The second-order valence-electron chi connectivity index (χ2n) is 7.84. The fraction of sp³-hybridized carbons (Fsp3) is 0.870. The molecular weight excluding hydrogens is 318 g/mol. The molecule has 1 rings (SSSR count). The van der Waals surface area contributed by atoms with Crippen LogP contribution < -0.4 is 5.73 Å². The summed E-state index contributed by atoms with van der Waals surface area (Å²) >= 11 is 0. The van der Waals surface area contributed by atoms with Crippen LogP contribution in [0.15, 0.2) is 17.1 Å². The maximum atomic E-state index is 5.51. The molecule has 2 N–H and O–H groups in total. The summed E-state index contributed by atoms with van der Waals surface area (Å²) in [5.74, 6) is 0. The molecule has 0 radical (unpaired) electrons. The molecule has 3 nitrogen and oxygen atoms in total. The zero-order valence-electron chi connectivity index (χ0n) is 17.3. The Bertz CT molecular complexity index is 338. The average molecular weight is 364 g/mol. The van der Waals surface area contributed by atoms with E-state index in [1.54, 1.807) is 0 Å². The van der Waals surface area contributed by atoms with E-state index in [4.69, 9.17) is 5.73 Å². The van der Waals surface area contributed by atoms with Crippen LogP contribution >= 0.6 is 0 Å². The highest BCUT2D eigenvalue weighted by Gasteiger charge is 2.03. The fourth-order valence-electron chi connectivity index (χ4n) is 3.57. The molecule has 3 heteroatoms. The molecule has 1 heterocycles. The number of allylic oxidation sites excluding steroid dienone is 2. The van der Waals surface area contributed by atoms with Gasteiger partial charge in [0.2, 0.25) is 0 Å². The van der Waals surface area contributed by atoms with Gasteiger partial charge < -0.3 is 10.6 Å². The Labute approximate surface area is 163 Å². The number of rotatable bonds is 19. The first kappa shape index (κ1) is 23.2. The summed E-state index contributed by atoms with van der Waals surface area (Å²) in [6, 6.07) is 0. The van der Waals surface area contributed by atoms with Crippen molar-refractivity contribution in [1.29, 1.82) is 0 Å². The van der Waals surface area contributed by atoms with Crippen LogP contribution in [0.2, 0.25) is 0 Å².